The minimum Gasteiger partial charge on any atom is -0.346 e. The van der Waals surface area contributed by atoms with E-state index in [4.69, 9.17) is 4.98 Å². The summed E-state index contributed by atoms with van der Waals surface area (Å²) in [5.74, 6) is 0. The molecule has 4 heteroatoms. The van der Waals surface area contributed by atoms with Crippen molar-refractivity contribution in [1.82, 2.24) is 10.3 Å². The van der Waals surface area contributed by atoms with Crippen LogP contribution in [0.3, 0.4) is 0 Å². The van der Waals surface area contributed by atoms with Crippen LogP contribution in [0.2, 0.25) is 0 Å². The van der Waals surface area contributed by atoms with Crippen molar-refractivity contribution >= 4 is 16.5 Å². The molecule has 0 unspecified atom stereocenters. The van der Waals surface area contributed by atoms with E-state index >= 15 is 0 Å². The molecule has 0 saturated carbocycles. The van der Waals surface area contributed by atoms with Gasteiger partial charge in [0.25, 0.3) is 0 Å². The van der Waals surface area contributed by atoms with Crippen molar-refractivity contribution in [2.75, 3.05) is 31.1 Å². The fraction of sp³-hybridized carbons (Fsp3) is 0.727. The lowest BCUT2D eigenvalue weighted by molar-refractivity contribution is 0.564. The summed E-state index contributed by atoms with van der Waals surface area (Å²) < 4.78 is 0. The molecule has 0 aromatic carbocycles. The van der Waals surface area contributed by atoms with Crippen LogP contribution >= 0.6 is 11.3 Å². The van der Waals surface area contributed by atoms with Crippen LogP contribution in [-0.2, 0) is 5.41 Å². The summed E-state index contributed by atoms with van der Waals surface area (Å²) in [5, 5.41) is 6.73. The first kappa shape index (κ1) is 10.9. The van der Waals surface area contributed by atoms with Gasteiger partial charge < -0.3 is 10.2 Å². The fourth-order valence-corrected chi connectivity index (χ4v) is 2.72. The Hall–Kier alpha value is -0.610. The molecular formula is C11H19N3S. The molecule has 1 aliphatic heterocycles. The van der Waals surface area contributed by atoms with Gasteiger partial charge in [-0.25, -0.2) is 4.98 Å². The molecule has 84 valence electrons. The number of nitrogens with one attached hydrogen (secondary N) is 1. The van der Waals surface area contributed by atoms with Crippen LogP contribution in [0.1, 0.15) is 26.5 Å². The molecule has 1 aromatic rings. The summed E-state index contributed by atoms with van der Waals surface area (Å²) in [4.78, 5) is 7.09. The van der Waals surface area contributed by atoms with Gasteiger partial charge in [0.15, 0.2) is 5.13 Å². The standard InChI is InChI=1S/C11H19N3S/c1-11(2,3)9-8-15-10(13-9)14-6-4-12-5-7-14/h8,12H,4-7H2,1-3H3. The van der Waals surface area contributed by atoms with Crippen LogP contribution in [0.5, 0.6) is 0 Å². The Labute approximate surface area is 95.5 Å². The lowest BCUT2D eigenvalue weighted by Crippen LogP contribution is -2.43. The average molecular weight is 225 g/mol. The van der Waals surface area contributed by atoms with Crippen LogP contribution in [0.15, 0.2) is 5.38 Å². The summed E-state index contributed by atoms with van der Waals surface area (Å²) in [5.41, 5.74) is 1.38. The summed E-state index contributed by atoms with van der Waals surface area (Å²) in [6, 6.07) is 0. The number of aromatic nitrogens is 1. The Morgan fingerprint density at radius 2 is 2.00 bits per heavy atom. The van der Waals surface area contributed by atoms with E-state index in [2.05, 4.69) is 36.4 Å². The van der Waals surface area contributed by atoms with E-state index in [1.807, 2.05) is 0 Å². The molecule has 3 nitrogen and oxygen atoms in total. The summed E-state index contributed by atoms with van der Waals surface area (Å²) in [6.45, 7) is 10.9. The zero-order valence-corrected chi connectivity index (χ0v) is 10.5. The maximum atomic E-state index is 4.72. The lowest BCUT2D eigenvalue weighted by Gasteiger charge is -2.26. The third-order valence-electron chi connectivity index (χ3n) is 2.65. The second-order valence-corrected chi connectivity index (χ2v) is 5.84. The minimum absolute atomic E-state index is 0.169. The van der Waals surface area contributed by atoms with Gasteiger partial charge in [-0.15, -0.1) is 11.3 Å². The zero-order chi connectivity index (χ0) is 10.9. The highest BCUT2D eigenvalue weighted by Crippen LogP contribution is 2.28. The monoisotopic (exact) mass is 225 g/mol. The van der Waals surface area contributed by atoms with E-state index in [-0.39, 0.29) is 5.41 Å². The normalized spacial score (nSPS) is 18.2. The summed E-state index contributed by atoms with van der Waals surface area (Å²) in [6.07, 6.45) is 0. The Balaban J connectivity index is 2.12. The molecule has 0 amide bonds. The van der Waals surface area contributed by atoms with E-state index < -0.39 is 0 Å². The molecule has 0 aliphatic carbocycles. The predicted molar refractivity (Wildman–Crippen MR) is 65.9 cm³/mol. The predicted octanol–water partition coefficient (Wildman–Crippen LogP) is 1.85. The van der Waals surface area contributed by atoms with Crippen molar-refractivity contribution in [2.45, 2.75) is 26.2 Å². The second-order valence-electron chi connectivity index (χ2n) is 5.00. The Bertz CT molecular complexity index is 321. The smallest absolute Gasteiger partial charge is 0.185 e. The topological polar surface area (TPSA) is 28.2 Å². The van der Waals surface area contributed by atoms with E-state index in [1.165, 1.54) is 10.8 Å². The summed E-state index contributed by atoms with van der Waals surface area (Å²) >= 11 is 1.77. The molecule has 1 saturated heterocycles. The van der Waals surface area contributed by atoms with Crippen molar-refractivity contribution < 1.29 is 0 Å². The van der Waals surface area contributed by atoms with Crippen LogP contribution < -0.4 is 10.2 Å². The highest BCUT2D eigenvalue weighted by atomic mass is 32.1. The van der Waals surface area contributed by atoms with Crippen molar-refractivity contribution in [1.29, 1.82) is 0 Å². The average Bonchev–Trinajstić information content (AvgIpc) is 2.67. The van der Waals surface area contributed by atoms with Gasteiger partial charge in [0.2, 0.25) is 0 Å². The summed E-state index contributed by atoms with van der Waals surface area (Å²) in [7, 11) is 0. The SMILES string of the molecule is CC(C)(C)c1csc(N2CCNCC2)n1. The third-order valence-corrected chi connectivity index (χ3v) is 3.55. The highest BCUT2D eigenvalue weighted by molar-refractivity contribution is 7.13. The minimum atomic E-state index is 0.169. The van der Waals surface area contributed by atoms with Crippen molar-refractivity contribution in [3.05, 3.63) is 11.1 Å². The Morgan fingerprint density at radius 3 is 2.53 bits per heavy atom. The van der Waals surface area contributed by atoms with Crippen molar-refractivity contribution in [2.24, 2.45) is 0 Å². The number of thiazole rings is 1. The number of anilines is 1. The lowest BCUT2D eigenvalue weighted by atomic mass is 9.93. The quantitative estimate of drug-likeness (QED) is 0.790. The van der Waals surface area contributed by atoms with E-state index in [0.29, 0.717) is 0 Å². The zero-order valence-electron chi connectivity index (χ0n) is 9.71. The Kier molecular flexibility index (Phi) is 2.98. The Morgan fingerprint density at radius 1 is 1.33 bits per heavy atom. The van der Waals surface area contributed by atoms with Gasteiger partial charge in [0.05, 0.1) is 5.69 Å². The molecule has 1 fully saturated rings. The second kappa shape index (κ2) is 4.10. The molecule has 0 radical (unpaired) electrons. The van der Waals surface area contributed by atoms with Crippen LogP contribution in [-0.4, -0.2) is 31.2 Å². The first-order valence-electron chi connectivity index (χ1n) is 5.49. The van der Waals surface area contributed by atoms with Gasteiger partial charge >= 0.3 is 0 Å². The largest absolute Gasteiger partial charge is 0.346 e. The van der Waals surface area contributed by atoms with Crippen LogP contribution in [0, 0.1) is 0 Å². The van der Waals surface area contributed by atoms with Gasteiger partial charge in [0, 0.05) is 37.0 Å². The molecular weight excluding hydrogens is 206 g/mol. The first-order chi connectivity index (χ1) is 7.07. The highest BCUT2D eigenvalue weighted by Gasteiger charge is 2.20. The first-order valence-corrected chi connectivity index (χ1v) is 6.37. The molecule has 1 aliphatic rings. The van der Waals surface area contributed by atoms with Gasteiger partial charge in [-0.1, -0.05) is 20.8 Å². The molecule has 1 aromatic heterocycles. The molecule has 0 atom stereocenters. The van der Waals surface area contributed by atoms with Gasteiger partial charge in [0.1, 0.15) is 0 Å². The maximum Gasteiger partial charge on any atom is 0.185 e. The number of hydrogen-bond donors (Lipinski definition) is 1. The van der Waals surface area contributed by atoms with Crippen LogP contribution in [0.25, 0.3) is 0 Å². The number of piperazine rings is 1. The number of rotatable bonds is 1. The van der Waals surface area contributed by atoms with Crippen LogP contribution in [0.4, 0.5) is 5.13 Å². The molecule has 0 bridgehead atoms. The maximum absolute atomic E-state index is 4.72. The van der Waals surface area contributed by atoms with Crippen molar-refractivity contribution in [3.8, 4) is 0 Å². The van der Waals surface area contributed by atoms with Gasteiger partial charge in [-0.2, -0.15) is 0 Å². The number of nitrogens with zero attached hydrogens (tertiary/aromatic N) is 2. The van der Waals surface area contributed by atoms with Crippen molar-refractivity contribution in [3.63, 3.8) is 0 Å². The number of hydrogen-bond acceptors (Lipinski definition) is 4. The van der Waals surface area contributed by atoms with E-state index in [0.717, 1.165) is 26.2 Å². The van der Waals surface area contributed by atoms with E-state index in [9.17, 15) is 0 Å². The fourth-order valence-electron chi connectivity index (χ4n) is 1.61. The molecule has 2 heterocycles. The van der Waals surface area contributed by atoms with E-state index in [1.54, 1.807) is 11.3 Å². The molecule has 0 spiro atoms. The van der Waals surface area contributed by atoms with Gasteiger partial charge in [-0.3, -0.25) is 0 Å². The molecule has 2 rings (SSSR count). The molecule has 15 heavy (non-hydrogen) atoms. The molecule has 1 N–H and O–H groups in total. The third kappa shape index (κ3) is 2.49. The van der Waals surface area contributed by atoms with Gasteiger partial charge in [-0.05, 0) is 0 Å².